The van der Waals surface area contributed by atoms with Crippen molar-refractivity contribution in [1.82, 2.24) is 0 Å². The zero-order chi connectivity index (χ0) is 19.7. The molecule has 0 saturated heterocycles. The van der Waals surface area contributed by atoms with Crippen LogP contribution in [0.4, 0.5) is 0 Å². The summed E-state index contributed by atoms with van der Waals surface area (Å²) >= 11 is 0. The Balaban J connectivity index is 1.53. The Labute approximate surface area is 175 Å². The van der Waals surface area contributed by atoms with E-state index in [4.69, 9.17) is 0 Å². The monoisotopic (exact) mass is 378 g/mol. The highest BCUT2D eigenvalue weighted by Crippen LogP contribution is 2.50. The van der Waals surface area contributed by atoms with Gasteiger partial charge in [-0.25, -0.2) is 0 Å². The highest BCUT2D eigenvalue weighted by molar-refractivity contribution is 6.20. The average molecular weight is 378 g/mol. The van der Waals surface area contributed by atoms with E-state index in [0.29, 0.717) is 0 Å². The Kier molecular flexibility index (Phi) is 3.09. The summed E-state index contributed by atoms with van der Waals surface area (Å²) in [6.45, 7) is 0. The first-order valence-electron chi connectivity index (χ1n) is 10.5. The molecule has 0 radical (unpaired) electrons. The predicted molar refractivity (Wildman–Crippen MR) is 129 cm³/mol. The lowest BCUT2D eigenvalue weighted by molar-refractivity contribution is 1.69. The fraction of sp³-hybridized carbons (Fsp3) is 0. The molecule has 0 saturated carbocycles. The van der Waals surface area contributed by atoms with Crippen molar-refractivity contribution in [1.29, 1.82) is 0 Å². The van der Waals surface area contributed by atoms with Gasteiger partial charge in [0.1, 0.15) is 0 Å². The van der Waals surface area contributed by atoms with Crippen LogP contribution in [0.1, 0.15) is 0 Å². The molecule has 0 aromatic heterocycles. The maximum Gasteiger partial charge on any atom is -0.00201 e. The Hall–Kier alpha value is -3.90. The van der Waals surface area contributed by atoms with Gasteiger partial charge in [-0.2, -0.15) is 0 Å². The molecule has 0 heteroatoms. The van der Waals surface area contributed by atoms with Crippen LogP contribution < -0.4 is 0 Å². The van der Waals surface area contributed by atoms with Crippen LogP contribution in [0, 0.1) is 0 Å². The predicted octanol–water partition coefficient (Wildman–Crippen LogP) is 8.46. The molecule has 6 aromatic rings. The number of hydrogen-bond acceptors (Lipinski definition) is 0. The van der Waals surface area contributed by atoms with E-state index in [2.05, 4.69) is 109 Å². The molecular weight excluding hydrogens is 360 g/mol. The lowest BCUT2D eigenvalue weighted by atomic mass is 9.93. The van der Waals surface area contributed by atoms with Gasteiger partial charge in [-0.15, -0.1) is 0 Å². The third kappa shape index (κ3) is 2.11. The van der Waals surface area contributed by atoms with Gasteiger partial charge in [-0.1, -0.05) is 91.0 Å². The molecule has 6 aromatic carbocycles. The molecule has 0 fully saturated rings. The van der Waals surface area contributed by atoms with Gasteiger partial charge in [0.25, 0.3) is 0 Å². The zero-order valence-corrected chi connectivity index (χ0v) is 16.4. The van der Waals surface area contributed by atoms with Gasteiger partial charge in [0, 0.05) is 0 Å². The van der Waals surface area contributed by atoms with Crippen molar-refractivity contribution >= 4 is 32.3 Å². The maximum atomic E-state index is 2.36. The van der Waals surface area contributed by atoms with Crippen LogP contribution in [0.25, 0.3) is 65.7 Å². The molecule has 0 aliphatic heterocycles. The summed E-state index contributed by atoms with van der Waals surface area (Å²) in [5.74, 6) is 0. The summed E-state index contributed by atoms with van der Waals surface area (Å²) in [6.07, 6.45) is 0. The summed E-state index contributed by atoms with van der Waals surface area (Å²) in [5.41, 5.74) is 7.99. The quantitative estimate of drug-likeness (QED) is 0.269. The Morgan fingerprint density at radius 1 is 0.333 bits per heavy atom. The summed E-state index contributed by atoms with van der Waals surface area (Å²) in [6, 6.07) is 40.1. The van der Waals surface area contributed by atoms with Crippen molar-refractivity contribution in [2.75, 3.05) is 0 Å². The second kappa shape index (κ2) is 5.81. The van der Waals surface area contributed by atoms with E-state index in [1.807, 2.05) is 0 Å². The minimum absolute atomic E-state index is 1.28. The second-order valence-electron chi connectivity index (χ2n) is 8.20. The number of rotatable bonds is 1. The number of benzene rings is 6. The van der Waals surface area contributed by atoms with Crippen molar-refractivity contribution in [2.45, 2.75) is 0 Å². The second-order valence-corrected chi connectivity index (χ2v) is 8.20. The van der Waals surface area contributed by atoms with Crippen molar-refractivity contribution in [3.8, 4) is 33.4 Å². The summed E-state index contributed by atoms with van der Waals surface area (Å²) in [4.78, 5) is 0. The molecule has 1 aliphatic carbocycles. The Morgan fingerprint density at radius 3 is 1.67 bits per heavy atom. The van der Waals surface area contributed by atoms with Crippen molar-refractivity contribution in [2.24, 2.45) is 0 Å². The first-order chi connectivity index (χ1) is 14.9. The van der Waals surface area contributed by atoms with Gasteiger partial charge in [0.15, 0.2) is 0 Å². The van der Waals surface area contributed by atoms with Gasteiger partial charge in [-0.05, 0) is 83.9 Å². The molecule has 0 atom stereocenters. The van der Waals surface area contributed by atoms with Crippen LogP contribution in [0.15, 0.2) is 109 Å². The third-order valence-electron chi connectivity index (χ3n) is 6.57. The lowest BCUT2D eigenvalue weighted by Crippen LogP contribution is -1.84. The normalized spacial score (nSPS) is 12.0. The fourth-order valence-electron chi connectivity index (χ4n) is 5.15. The average Bonchev–Trinajstić information content (AvgIpc) is 3.12. The minimum Gasteiger partial charge on any atom is -0.0616 e. The SMILES string of the molecule is c1ccc2cc(-c3ccc4c5c(cccc35)-c3cc5ccccc5cc3-4)ccc2c1. The van der Waals surface area contributed by atoms with E-state index < -0.39 is 0 Å². The summed E-state index contributed by atoms with van der Waals surface area (Å²) in [7, 11) is 0. The third-order valence-corrected chi connectivity index (χ3v) is 6.57. The first-order valence-corrected chi connectivity index (χ1v) is 10.5. The van der Waals surface area contributed by atoms with Gasteiger partial charge in [0.05, 0.1) is 0 Å². The van der Waals surface area contributed by atoms with Crippen LogP contribution in [-0.2, 0) is 0 Å². The molecule has 0 heterocycles. The van der Waals surface area contributed by atoms with Gasteiger partial charge < -0.3 is 0 Å². The molecule has 0 spiro atoms. The number of fused-ring (bicyclic) bond motifs is 5. The van der Waals surface area contributed by atoms with Crippen LogP contribution in [0.3, 0.4) is 0 Å². The largest absolute Gasteiger partial charge is 0.0616 e. The van der Waals surface area contributed by atoms with E-state index in [0.717, 1.165) is 0 Å². The van der Waals surface area contributed by atoms with E-state index in [1.165, 1.54) is 65.7 Å². The topological polar surface area (TPSA) is 0 Å². The van der Waals surface area contributed by atoms with Crippen LogP contribution in [-0.4, -0.2) is 0 Å². The molecule has 138 valence electrons. The molecule has 0 nitrogen and oxygen atoms in total. The summed E-state index contributed by atoms with van der Waals surface area (Å²) in [5, 5.41) is 7.89. The molecule has 30 heavy (non-hydrogen) atoms. The smallest absolute Gasteiger partial charge is 0.00201 e. The lowest BCUT2D eigenvalue weighted by Gasteiger charge is -2.10. The molecule has 0 unspecified atom stereocenters. The fourth-order valence-corrected chi connectivity index (χ4v) is 5.15. The minimum atomic E-state index is 1.28. The highest BCUT2D eigenvalue weighted by atomic mass is 14.3. The molecular formula is C30H18. The molecule has 0 bridgehead atoms. The standard InChI is InChI=1S/C30H18/c1-2-7-20-16-23(13-12-19(20)6-1)24-14-15-27-29-18-22-9-4-3-8-21(22)17-28(29)26-11-5-10-25(24)30(26)27/h1-18H. The summed E-state index contributed by atoms with van der Waals surface area (Å²) < 4.78 is 0. The molecule has 7 rings (SSSR count). The van der Waals surface area contributed by atoms with Crippen LogP contribution >= 0.6 is 0 Å². The molecule has 0 N–H and O–H groups in total. The van der Waals surface area contributed by atoms with Crippen molar-refractivity contribution in [3.63, 3.8) is 0 Å². The van der Waals surface area contributed by atoms with Crippen LogP contribution in [0.2, 0.25) is 0 Å². The van der Waals surface area contributed by atoms with Crippen molar-refractivity contribution < 1.29 is 0 Å². The van der Waals surface area contributed by atoms with Crippen molar-refractivity contribution in [3.05, 3.63) is 109 Å². The zero-order valence-electron chi connectivity index (χ0n) is 16.4. The first kappa shape index (κ1) is 16.0. The van der Waals surface area contributed by atoms with Gasteiger partial charge >= 0.3 is 0 Å². The van der Waals surface area contributed by atoms with E-state index in [-0.39, 0.29) is 0 Å². The molecule has 1 aliphatic rings. The number of hydrogen-bond donors (Lipinski definition) is 0. The van der Waals surface area contributed by atoms with Gasteiger partial charge in [0.2, 0.25) is 0 Å². The van der Waals surface area contributed by atoms with Gasteiger partial charge in [-0.3, -0.25) is 0 Å². The van der Waals surface area contributed by atoms with E-state index >= 15 is 0 Å². The van der Waals surface area contributed by atoms with E-state index in [9.17, 15) is 0 Å². The van der Waals surface area contributed by atoms with Crippen LogP contribution in [0.5, 0.6) is 0 Å². The maximum absolute atomic E-state index is 2.36. The Bertz CT molecular complexity index is 1590. The highest BCUT2D eigenvalue weighted by Gasteiger charge is 2.23. The molecule has 0 amide bonds. The Morgan fingerprint density at radius 2 is 0.933 bits per heavy atom. The van der Waals surface area contributed by atoms with E-state index in [1.54, 1.807) is 0 Å².